The summed E-state index contributed by atoms with van der Waals surface area (Å²) >= 11 is 0. The van der Waals surface area contributed by atoms with Gasteiger partial charge in [-0.05, 0) is 37.7 Å². The molecule has 0 bridgehead atoms. The number of carboxylic acid groups (broad SMARTS) is 1. The molecule has 120 valence electrons. The topological polar surface area (TPSA) is 118 Å². The van der Waals surface area contributed by atoms with Gasteiger partial charge in [-0.2, -0.15) is 0 Å². The molecule has 4 N–H and O–H groups in total. The molecule has 1 fully saturated rings. The van der Waals surface area contributed by atoms with Crippen molar-refractivity contribution in [2.45, 2.75) is 51.5 Å². The van der Waals surface area contributed by atoms with Crippen LogP contribution in [0, 0.1) is 5.92 Å². The van der Waals surface area contributed by atoms with E-state index in [0.717, 1.165) is 5.69 Å². The predicted molar refractivity (Wildman–Crippen MR) is 81.4 cm³/mol. The number of rotatable bonds is 4. The summed E-state index contributed by atoms with van der Waals surface area (Å²) in [5.41, 5.74) is 6.64. The van der Waals surface area contributed by atoms with E-state index >= 15 is 0 Å². The Kier molecular flexibility index (Phi) is 4.95. The van der Waals surface area contributed by atoms with Gasteiger partial charge in [0.25, 0.3) is 5.91 Å². The van der Waals surface area contributed by atoms with Crippen molar-refractivity contribution >= 4 is 17.8 Å². The van der Waals surface area contributed by atoms with E-state index in [0.29, 0.717) is 25.7 Å². The van der Waals surface area contributed by atoms with Crippen LogP contribution in [0.4, 0.5) is 5.95 Å². The first kappa shape index (κ1) is 16.2. The molecule has 2 rings (SSSR count). The van der Waals surface area contributed by atoms with Gasteiger partial charge in [-0.25, -0.2) is 9.97 Å². The highest BCUT2D eigenvalue weighted by atomic mass is 16.4. The molecule has 1 aliphatic carbocycles. The number of carboxylic acids is 1. The predicted octanol–water partition coefficient (Wildman–Crippen LogP) is 1.56. The zero-order valence-electron chi connectivity index (χ0n) is 12.9. The Labute approximate surface area is 129 Å². The second-order valence-corrected chi connectivity index (χ2v) is 6.05. The van der Waals surface area contributed by atoms with Crippen LogP contribution in [0.3, 0.4) is 0 Å². The molecule has 1 amide bonds. The minimum atomic E-state index is -0.755. The van der Waals surface area contributed by atoms with E-state index in [4.69, 9.17) is 10.8 Å². The number of nitrogens with two attached hydrogens (primary N) is 1. The third-order valence-corrected chi connectivity index (χ3v) is 4.00. The summed E-state index contributed by atoms with van der Waals surface area (Å²) in [5.74, 6) is -1.09. The van der Waals surface area contributed by atoms with Gasteiger partial charge in [0.1, 0.15) is 5.69 Å². The van der Waals surface area contributed by atoms with Crippen molar-refractivity contribution in [1.29, 1.82) is 0 Å². The van der Waals surface area contributed by atoms with E-state index in [1.165, 1.54) is 0 Å². The third-order valence-electron chi connectivity index (χ3n) is 4.00. The van der Waals surface area contributed by atoms with E-state index in [-0.39, 0.29) is 35.4 Å². The van der Waals surface area contributed by atoms with E-state index in [1.807, 2.05) is 13.8 Å². The average molecular weight is 306 g/mol. The maximum atomic E-state index is 12.3. The van der Waals surface area contributed by atoms with Crippen molar-refractivity contribution in [2.24, 2.45) is 5.92 Å². The zero-order valence-corrected chi connectivity index (χ0v) is 12.9. The third kappa shape index (κ3) is 3.93. The second kappa shape index (κ2) is 6.72. The Balaban J connectivity index is 2.00. The van der Waals surface area contributed by atoms with Crippen LogP contribution >= 0.6 is 0 Å². The molecule has 22 heavy (non-hydrogen) atoms. The highest BCUT2D eigenvalue weighted by Gasteiger charge is 2.27. The molecule has 1 saturated carbocycles. The molecule has 0 radical (unpaired) electrons. The highest BCUT2D eigenvalue weighted by molar-refractivity contribution is 5.92. The maximum Gasteiger partial charge on any atom is 0.306 e. The molecular formula is C15H22N4O3. The summed E-state index contributed by atoms with van der Waals surface area (Å²) in [6, 6.07) is 1.64. The molecule has 7 heteroatoms. The minimum absolute atomic E-state index is 0.0122. The molecule has 0 spiro atoms. The Morgan fingerprint density at radius 2 is 1.91 bits per heavy atom. The number of amides is 1. The normalized spacial score (nSPS) is 21.6. The summed E-state index contributed by atoms with van der Waals surface area (Å²) < 4.78 is 0. The largest absolute Gasteiger partial charge is 0.481 e. The highest BCUT2D eigenvalue weighted by Crippen LogP contribution is 2.24. The Morgan fingerprint density at radius 3 is 2.45 bits per heavy atom. The molecule has 0 saturated heterocycles. The van der Waals surface area contributed by atoms with Gasteiger partial charge in [0.15, 0.2) is 0 Å². The number of hydrogen-bond acceptors (Lipinski definition) is 5. The summed E-state index contributed by atoms with van der Waals surface area (Å²) in [6.07, 6.45) is 2.51. The van der Waals surface area contributed by atoms with Crippen LogP contribution in [-0.2, 0) is 4.79 Å². The molecule has 1 aliphatic rings. The van der Waals surface area contributed by atoms with Gasteiger partial charge in [-0.15, -0.1) is 0 Å². The number of nitrogens with one attached hydrogen (secondary N) is 1. The van der Waals surface area contributed by atoms with Crippen LogP contribution in [-0.4, -0.2) is 33.0 Å². The first-order chi connectivity index (χ1) is 10.4. The van der Waals surface area contributed by atoms with E-state index in [9.17, 15) is 9.59 Å². The molecule has 0 unspecified atom stereocenters. The number of aromatic nitrogens is 2. The van der Waals surface area contributed by atoms with Gasteiger partial charge < -0.3 is 16.2 Å². The summed E-state index contributed by atoms with van der Waals surface area (Å²) in [7, 11) is 0. The first-order valence-corrected chi connectivity index (χ1v) is 7.55. The fraction of sp³-hybridized carbons (Fsp3) is 0.600. The van der Waals surface area contributed by atoms with Crippen LogP contribution in [0.25, 0.3) is 0 Å². The monoisotopic (exact) mass is 306 g/mol. The van der Waals surface area contributed by atoms with Crippen molar-refractivity contribution < 1.29 is 14.7 Å². The van der Waals surface area contributed by atoms with Gasteiger partial charge >= 0.3 is 5.97 Å². The number of anilines is 1. The van der Waals surface area contributed by atoms with Gasteiger partial charge in [0.2, 0.25) is 5.95 Å². The molecule has 7 nitrogen and oxygen atoms in total. The maximum absolute atomic E-state index is 12.3. The van der Waals surface area contributed by atoms with Gasteiger partial charge in [0.05, 0.1) is 5.92 Å². The number of hydrogen-bond donors (Lipinski definition) is 3. The second-order valence-electron chi connectivity index (χ2n) is 6.05. The molecule has 0 aliphatic heterocycles. The van der Waals surface area contributed by atoms with Crippen molar-refractivity contribution in [1.82, 2.24) is 15.3 Å². The van der Waals surface area contributed by atoms with Crippen LogP contribution in [0.1, 0.15) is 61.6 Å². The van der Waals surface area contributed by atoms with Gasteiger partial charge in [0, 0.05) is 11.7 Å². The zero-order chi connectivity index (χ0) is 16.3. The number of carbonyl (C=O) groups excluding carboxylic acids is 1. The van der Waals surface area contributed by atoms with Gasteiger partial charge in [-0.1, -0.05) is 13.8 Å². The van der Waals surface area contributed by atoms with Crippen molar-refractivity contribution in [3.05, 3.63) is 17.5 Å². The van der Waals surface area contributed by atoms with Crippen LogP contribution in [0.2, 0.25) is 0 Å². The van der Waals surface area contributed by atoms with Gasteiger partial charge in [-0.3, -0.25) is 9.59 Å². The number of aliphatic carboxylic acids is 1. The standard InChI is InChI=1S/C15H22N4O3/c1-8(2)11-7-12(19-15(16)18-11)13(20)17-10-5-3-9(4-6-10)14(21)22/h7-10H,3-6H2,1-2H3,(H,17,20)(H,21,22)(H2,16,18,19). The minimum Gasteiger partial charge on any atom is -0.481 e. The lowest BCUT2D eigenvalue weighted by molar-refractivity contribution is -0.142. The van der Waals surface area contributed by atoms with Crippen molar-refractivity contribution in [3.8, 4) is 0 Å². The smallest absolute Gasteiger partial charge is 0.306 e. The van der Waals surface area contributed by atoms with Crippen LogP contribution in [0.15, 0.2) is 6.07 Å². The Hall–Kier alpha value is -2.18. The van der Waals surface area contributed by atoms with E-state index in [2.05, 4.69) is 15.3 Å². The Morgan fingerprint density at radius 1 is 1.27 bits per heavy atom. The van der Waals surface area contributed by atoms with E-state index in [1.54, 1.807) is 6.07 Å². The summed E-state index contributed by atoms with van der Waals surface area (Å²) in [4.78, 5) is 31.3. The molecule has 0 atom stereocenters. The molecular weight excluding hydrogens is 284 g/mol. The van der Waals surface area contributed by atoms with Crippen LogP contribution < -0.4 is 11.1 Å². The Bertz CT molecular complexity index is 566. The van der Waals surface area contributed by atoms with Crippen molar-refractivity contribution in [2.75, 3.05) is 5.73 Å². The lowest BCUT2D eigenvalue weighted by atomic mass is 9.86. The molecule has 1 aromatic heterocycles. The SMILES string of the molecule is CC(C)c1cc(C(=O)NC2CCC(C(=O)O)CC2)nc(N)n1. The molecule has 1 aromatic rings. The molecule has 0 aromatic carbocycles. The lowest BCUT2D eigenvalue weighted by Crippen LogP contribution is -2.39. The van der Waals surface area contributed by atoms with Crippen LogP contribution in [0.5, 0.6) is 0 Å². The van der Waals surface area contributed by atoms with E-state index < -0.39 is 5.97 Å². The van der Waals surface area contributed by atoms with Crippen molar-refractivity contribution in [3.63, 3.8) is 0 Å². The summed E-state index contributed by atoms with van der Waals surface area (Å²) in [6.45, 7) is 3.94. The fourth-order valence-corrected chi connectivity index (χ4v) is 2.64. The fourth-order valence-electron chi connectivity index (χ4n) is 2.64. The lowest BCUT2D eigenvalue weighted by Gasteiger charge is -2.26. The summed E-state index contributed by atoms with van der Waals surface area (Å²) in [5, 5.41) is 11.9. The average Bonchev–Trinajstić information content (AvgIpc) is 2.47. The first-order valence-electron chi connectivity index (χ1n) is 7.55. The quantitative estimate of drug-likeness (QED) is 0.776. The number of nitrogens with zero attached hydrogens (tertiary/aromatic N) is 2. The number of nitrogen functional groups attached to an aromatic ring is 1. The number of carbonyl (C=O) groups is 2. The molecule has 1 heterocycles.